The van der Waals surface area contributed by atoms with E-state index in [1.807, 2.05) is 32.0 Å². The molecular formula is C16H14BrFO. The Morgan fingerprint density at radius 2 is 1.89 bits per heavy atom. The van der Waals surface area contributed by atoms with Crippen molar-refractivity contribution in [3.8, 4) is 0 Å². The molecule has 0 aliphatic rings. The lowest BCUT2D eigenvalue weighted by atomic mass is 9.97. The van der Waals surface area contributed by atoms with Gasteiger partial charge in [-0.05, 0) is 43.2 Å². The monoisotopic (exact) mass is 320 g/mol. The quantitative estimate of drug-likeness (QED) is 0.753. The molecular weight excluding hydrogens is 307 g/mol. The number of rotatable bonds is 3. The molecule has 19 heavy (non-hydrogen) atoms. The minimum atomic E-state index is -0.346. The van der Waals surface area contributed by atoms with Crippen LogP contribution in [0, 0.1) is 19.7 Å². The van der Waals surface area contributed by atoms with Crippen molar-refractivity contribution in [1.82, 2.24) is 0 Å². The number of carbonyl (C=O) groups excluding carboxylic acids is 1. The molecule has 2 aromatic rings. The minimum Gasteiger partial charge on any atom is -0.294 e. The van der Waals surface area contributed by atoms with E-state index in [0.29, 0.717) is 11.1 Å². The Morgan fingerprint density at radius 3 is 2.58 bits per heavy atom. The number of halogens is 2. The molecule has 3 heteroatoms. The van der Waals surface area contributed by atoms with Crippen molar-refractivity contribution in [2.75, 3.05) is 0 Å². The van der Waals surface area contributed by atoms with Crippen molar-refractivity contribution in [2.45, 2.75) is 20.3 Å². The van der Waals surface area contributed by atoms with Gasteiger partial charge in [0.25, 0.3) is 0 Å². The number of aryl methyl sites for hydroxylation is 2. The van der Waals surface area contributed by atoms with E-state index in [-0.39, 0.29) is 18.0 Å². The van der Waals surface area contributed by atoms with Crippen molar-refractivity contribution >= 4 is 21.7 Å². The van der Waals surface area contributed by atoms with E-state index >= 15 is 0 Å². The van der Waals surface area contributed by atoms with Gasteiger partial charge in [-0.1, -0.05) is 39.7 Å². The fourth-order valence-electron chi connectivity index (χ4n) is 2.07. The minimum absolute atomic E-state index is 0.0606. The van der Waals surface area contributed by atoms with Crippen molar-refractivity contribution in [1.29, 1.82) is 0 Å². The van der Waals surface area contributed by atoms with E-state index in [0.717, 1.165) is 15.6 Å². The second kappa shape index (κ2) is 5.66. The first-order valence-electron chi connectivity index (χ1n) is 6.02. The highest BCUT2D eigenvalue weighted by atomic mass is 79.9. The molecule has 0 spiro atoms. The van der Waals surface area contributed by atoms with Gasteiger partial charge in [0.05, 0.1) is 0 Å². The topological polar surface area (TPSA) is 17.1 Å². The van der Waals surface area contributed by atoms with Gasteiger partial charge in [0.1, 0.15) is 5.82 Å². The zero-order valence-corrected chi connectivity index (χ0v) is 12.4. The van der Waals surface area contributed by atoms with Crippen molar-refractivity contribution in [2.24, 2.45) is 0 Å². The maximum absolute atomic E-state index is 13.6. The summed E-state index contributed by atoms with van der Waals surface area (Å²) >= 11 is 3.29. The van der Waals surface area contributed by atoms with Crippen LogP contribution in [0.3, 0.4) is 0 Å². The number of Topliss-reactive ketones (excluding diaryl/α,β-unsaturated/α-hetero) is 1. The summed E-state index contributed by atoms with van der Waals surface area (Å²) in [5.41, 5.74) is 3.12. The SMILES string of the molecule is Cc1ccc(C(=O)Cc2cc(Br)ccc2F)c(C)c1. The molecule has 0 unspecified atom stereocenters. The molecule has 0 radical (unpaired) electrons. The van der Waals surface area contributed by atoms with Gasteiger partial charge in [0.15, 0.2) is 5.78 Å². The van der Waals surface area contributed by atoms with Crippen LogP contribution in [-0.4, -0.2) is 5.78 Å². The molecule has 0 fully saturated rings. The molecule has 0 aliphatic carbocycles. The molecule has 0 aromatic heterocycles. The summed E-state index contributed by atoms with van der Waals surface area (Å²) < 4.78 is 14.4. The summed E-state index contributed by atoms with van der Waals surface area (Å²) in [4.78, 5) is 12.2. The number of benzene rings is 2. The van der Waals surface area contributed by atoms with Crippen molar-refractivity contribution in [3.05, 3.63) is 68.9 Å². The number of ketones is 1. The van der Waals surface area contributed by atoms with Gasteiger partial charge in [-0.2, -0.15) is 0 Å². The molecule has 0 aliphatic heterocycles. The zero-order valence-electron chi connectivity index (χ0n) is 10.8. The highest BCUT2D eigenvalue weighted by molar-refractivity contribution is 9.10. The molecule has 2 aromatic carbocycles. The molecule has 0 saturated heterocycles. The van der Waals surface area contributed by atoms with Gasteiger partial charge in [-0.3, -0.25) is 4.79 Å². The van der Waals surface area contributed by atoms with Crippen molar-refractivity contribution in [3.63, 3.8) is 0 Å². The van der Waals surface area contributed by atoms with Crippen LogP contribution in [0.5, 0.6) is 0 Å². The van der Waals surface area contributed by atoms with Crippen LogP contribution in [-0.2, 0) is 6.42 Å². The highest BCUT2D eigenvalue weighted by Gasteiger charge is 2.13. The molecule has 0 atom stereocenters. The number of hydrogen-bond acceptors (Lipinski definition) is 1. The summed E-state index contributed by atoms with van der Waals surface area (Å²) in [5.74, 6) is -0.407. The van der Waals surface area contributed by atoms with Gasteiger partial charge in [-0.25, -0.2) is 4.39 Å². The zero-order chi connectivity index (χ0) is 14.0. The van der Waals surface area contributed by atoms with E-state index in [1.165, 1.54) is 6.07 Å². The summed E-state index contributed by atoms with van der Waals surface area (Å²) in [7, 11) is 0. The molecule has 0 saturated carbocycles. The molecule has 0 amide bonds. The summed E-state index contributed by atoms with van der Waals surface area (Å²) in [5, 5.41) is 0. The first kappa shape index (κ1) is 13.9. The third-order valence-corrected chi connectivity index (χ3v) is 3.53. The average Bonchev–Trinajstić information content (AvgIpc) is 2.33. The predicted octanol–water partition coefficient (Wildman–Crippen LogP) is 4.63. The smallest absolute Gasteiger partial charge is 0.167 e. The highest BCUT2D eigenvalue weighted by Crippen LogP contribution is 2.19. The molecule has 0 bridgehead atoms. The fourth-order valence-corrected chi connectivity index (χ4v) is 2.48. The Bertz CT molecular complexity index is 635. The molecule has 0 N–H and O–H groups in total. The maximum atomic E-state index is 13.6. The first-order chi connectivity index (χ1) is 8.97. The molecule has 0 heterocycles. The normalized spacial score (nSPS) is 10.5. The van der Waals surface area contributed by atoms with Gasteiger partial charge < -0.3 is 0 Å². The lowest BCUT2D eigenvalue weighted by molar-refractivity contribution is 0.0991. The van der Waals surface area contributed by atoms with E-state index in [9.17, 15) is 9.18 Å². The van der Waals surface area contributed by atoms with Crippen LogP contribution in [0.4, 0.5) is 4.39 Å². The van der Waals surface area contributed by atoms with Gasteiger partial charge in [0, 0.05) is 16.5 Å². The van der Waals surface area contributed by atoms with Crippen LogP contribution in [0.15, 0.2) is 40.9 Å². The van der Waals surface area contributed by atoms with E-state index < -0.39 is 0 Å². The molecule has 1 nitrogen and oxygen atoms in total. The Kier molecular flexibility index (Phi) is 4.15. The second-order valence-electron chi connectivity index (χ2n) is 4.65. The lowest BCUT2D eigenvalue weighted by Crippen LogP contribution is -2.07. The first-order valence-corrected chi connectivity index (χ1v) is 6.81. The maximum Gasteiger partial charge on any atom is 0.167 e. The summed E-state index contributed by atoms with van der Waals surface area (Å²) in [6.45, 7) is 3.88. The van der Waals surface area contributed by atoms with E-state index in [1.54, 1.807) is 12.1 Å². The van der Waals surface area contributed by atoms with Crippen LogP contribution >= 0.6 is 15.9 Å². The van der Waals surface area contributed by atoms with Gasteiger partial charge >= 0.3 is 0 Å². The van der Waals surface area contributed by atoms with E-state index in [4.69, 9.17) is 0 Å². The number of hydrogen-bond donors (Lipinski definition) is 0. The Hall–Kier alpha value is -1.48. The standard InChI is InChI=1S/C16H14BrFO/c1-10-3-5-14(11(2)7-10)16(19)9-12-8-13(17)4-6-15(12)18/h3-8H,9H2,1-2H3. The van der Waals surface area contributed by atoms with Crippen LogP contribution in [0.1, 0.15) is 27.0 Å². The third kappa shape index (κ3) is 3.29. The second-order valence-corrected chi connectivity index (χ2v) is 5.57. The molecule has 98 valence electrons. The van der Waals surface area contributed by atoms with Crippen LogP contribution in [0.2, 0.25) is 0 Å². The molecule has 2 rings (SSSR count). The van der Waals surface area contributed by atoms with Gasteiger partial charge in [0.2, 0.25) is 0 Å². The lowest BCUT2D eigenvalue weighted by Gasteiger charge is -2.07. The fraction of sp³-hybridized carbons (Fsp3) is 0.188. The van der Waals surface area contributed by atoms with Crippen LogP contribution in [0.25, 0.3) is 0 Å². The largest absolute Gasteiger partial charge is 0.294 e. The third-order valence-electron chi connectivity index (χ3n) is 3.04. The summed E-state index contributed by atoms with van der Waals surface area (Å²) in [6, 6.07) is 10.3. The number of carbonyl (C=O) groups is 1. The summed E-state index contributed by atoms with van der Waals surface area (Å²) in [6.07, 6.45) is 0.0785. The predicted molar refractivity (Wildman–Crippen MR) is 78.1 cm³/mol. The average molecular weight is 321 g/mol. The Labute approximate surface area is 120 Å². The van der Waals surface area contributed by atoms with Gasteiger partial charge in [-0.15, -0.1) is 0 Å². The van der Waals surface area contributed by atoms with Crippen LogP contribution < -0.4 is 0 Å². The van der Waals surface area contributed by atoms with E-state index in [2.05, 4.69) is 15.9 Å². The van der Waals surface area contributed by atoms with Crippen molar-refractivity contribution < 1.29 is 9.18 Å². The Morgan fingerprint density at radius 1 is 1.16 bits per heavy atom. The Balaban J connectivity index is 2.28.